The standard InChI is InChI=1S/C15H22N2O5/c1-15(2,3)13(22-5)9-16-14(18)11-8-10(21-4)6-7-12(11)17(19)20/h6-8,13H,9H2,1-5H3,(H,16,18)/t13-/m1/s1. The number of nitro groups is 1. The van der Waals surface area contributed by atoms with E-state index in [1.54, 1.807) is 7.11 Å². The highest BCUT2D eigenvalue weighted by Gasteiger charge is 2.26. The first-order valence-electron chi connectivity index (χ1n) is 6.84. The number of rotatable bonds is 6. The average Bonchev–Trinajstić information content (AvgIpc) is 2.45. The van der Waals surface area contributed by atoms with Crippen LogP contribution in [0, 0.1) is 15.5 Å². The van der Waals surface area contributed by atoms with Crippen LogP contribution < -0.4 is 10.1 Å². The molecule has 0 spiro atoms. The minimum absolute atomic E-state index is 0.0342. The maximum Gasteiger partial charge on any atom is 0.282 e. The highest BCUT2D eigenvalue weighted by Crippen LogP contribution is 2.25. The third-order valence-electron chi connectivity index (χ3n) is 3.34. The lowest BCUT2D eigenvalue weighted by molar-refractivity contribution is -0.385. The van der Waals surface area contributed by atoms with Crippen LogP contribution in [0.15, 0.2) is 18.2 Å². The second-order valence-corrected chi connectivity index (χ2v) is 5.94. The number of nitrogens with zero attached hydrogens (tertiary/aromatic N) is 1. The van der Waals surface area contributed by atoms with Crippen LogP contribution in [0.3, 0.4) is 0 Å². The average molecular weight is 310 g/mol. The number of ether oxygens (including phenoxy) is 2. The van der Waals surface area contributed by atoms with E-state index in [0.717, 1.165) is 0 Å². The normalized spacial score (nSPS) is 12.6. The van der Waals surface area contributed by atoms with Crippen LogP contribution in [0.1, 0.15) is 31.1 Å². The minimum atomic E-state index is -0.591. The van der Waals surface area contributed by atoms with E-state index in [1.807, 2.05) is 20.8 Å². The number of hydrogen-bond acceptors (Lipinski definition) is 5. The molecule has 0 aliphatic carbocycles. The van der Waals surface area contributed by atoms with Gasteiger partial charge in [0.05, 0.1) is 18.1 Å². The van der Waals surface area contributed by atoms with Crippen LogP contribution >= 0.6 is 0 Å². The zero-order chi connectivity index (χ0) is 16.9. The number of benzene rings is 1. The Balaban J connectivity index is 2.95. The molecular formula is C15H22N2O5. The van der Waals surface area contributed by atoms with Crippen molar-refractivity contribution in [3.63, 3.8) is 0 Å². The Morgan fingerprint density at radius 3 is 2.45 bits per heavy atom. The molecule has 22 heavy (non-hydrogen) atoms. The number of carbonyl (C=O) groups is 1. The van der Waals surface area contributed by atoms with Crippen molar-refractivity contribution in [1.29, 1.82) is 0 Å². The van der Waals surface area contributed by atoms with E-state index >= 15 is 0 Å². The first-order chi connectivity index (χ1) is 10.2. The summed E-state index contributed by atoms with van der Waals surface area (Å²) in [5.74, 6) is -0.147. The van der Waals surface area contributed by atoms with Crippen molar-refractivity contribution in [3.8, 4) is 5.75 Å². The zero-order valence-corrected chi connectivity index (χ0v) is 13.5. The van der Waals surface area contributed by atoms with Gasteiger partial charge in [0.1, 0.15) is 11.3 Å². The van der Waals surface area contributed by atoms with Crippen LogP contribution in [0.25, 0.3) is 0 Å². The molecule has 1 aromatic carbocycles. The van der Waals surface area contributed by atoms with Crippen LogP contribution in [0.4, 0.5) is 5.69 Å². The van der Waals surface area contributed by atoms with Crippen molar-refractivity contribution in [3.05, 3.63) is 33.9 Å². The molecule has 0 saturated carbocycles. The Morgan fingerprint density at radius 2 is 2.00 bits per heavy atom. The first-order valence-corrected chi connectivity index (χ1v) is 6.84. The van der Waals surface area contributed by atoms with Crippen molar-refractivity contribution in [2.75, 3.05) is 20.8 Å². The van der Waals surface area contributed by atoms with Gasteiger partial charge in [-0.15, -0.1) is 0 Å². The molecular weight excluding hydrogens is 288 g/mol. The van der Waals surface area contributed by atoms with E-state index in [9.17, 15) is 14.9 Å². The molecule has 0 radical (unpaired) electrons. The molecule has 0 bridgehead atoms. The molecule has 0 aliphatic heterocycles. The molecule has 0 unspecified atom stereocenters. The lowest BCUT2D eigenvalue weighted by Gasteiger charge is -2.29. The summed E-state index contributed by atoms with van der Waals surface area (Å²) in [6, 6.07) is 4.06. The van der Waals surface area contributed by atoms with Crippen molar-refractivity contribution in [1.82, 2.24) is 5.32 Å². The number of carbonyl (C=O) groups excluding carboxylic acids is 1. The van der Waals surface area contributed by atoms with Gasteiger partial charge >= 0.3 is 0 Å². The Kier molecular flexibility index (Phi) is 5.87. The minimum Gasteiger partial charge on any atom is -0.497 e. The summed E-state index contributed by atoms with van der Waals surface area (Å²) >= 11 is 0. The first kappa shape index (κ1) is 17.9. The Labute approximate surface area is 129 Å². The van der Waals surface area contributed by atoms with Gasteiger partial charge in [-0.25, -0.2) is 0 Å². The Morgan fingerprint density at radius 1 is 1.36 bits per heavy atom. The SMILES string of the molecule is COc1ccc([N+](=O)[O-])c(C(=O)NC[C@@H](OC)C(C)(C)C)c1. The molecule has 1 amide bonds. The molecule has 1 atom stereocenters. The van der Waals surface area contributed by atoms with E-state index in [4.69, 9.17) is 9.47 Å². The molecule has 1 aromatic rings. The topological polar surface area (TPSA) is 90.7 Å². The van der Waals surface area contributed by atoms with Crippen molar-refractivity contribution in [2.24, 2.45) is 5.41 Å². The highest BCUT2D eigenvalue weighted by molar-refractivity contribution is 5.98. The fraction of sp³-hybridized carbons (Fsp3) is 0.533. The summed E-state index contributed by atoms with van der Waals surface area (Å²) in [4.78, 5) is 22.7. The van der Waals surface area contributed by atoms with Gasteiger partial charge < -0.3 is 14.8 Å². The van der Waals surface area contributed by atoms with Crippen LogP contribution in [0.2, 0.25) is 0 Å². The van der Waals surface area contributed by atoms with Gasteiger partial charge in [0.15, 0.2) is 0 Å². The summed E-state index contributed by atoms with van der Waals surface area (Å²) in [7, 11) is 3.00. The van der Waals surface area contributed by atoms with E-state index in [2.05, 4.69) is 5.32 Å². The van der Waals surface area contributed by atoms with Gasteiger partial charge in [-0.3, -0.25) is 14.9 Å². The molecule has 7 heteroatoms. The van der Waals surface area contributed by atoms with Crippen LogP contribution in [-0.2, 0) is 4.74 Å². The Bertz CT molecular complexity index is 551. The predicted octanol–water partition coefficient (Wildman–Crippen LogP) is 2.39. The monoisotopic (exact) mass is 310 g/mol. The fourth-order valence-corrected chi connectivity index (χ4v) is 2.01. The second-order valence-electron chi connectivity index (χ2n) is 5.94. The van der Waals surface area contributed by atoms with E-state index < -0.39 is 10.8 Å². The molecule has 0 aliphatic rings. The van der Waals surface area contributed by atoms with Gasteiger partial charge in [0, 0.05) is 19.7 Å². The fourth-order valence-electron chi connectivity index (χ4n) is 2.01. The summed E-state index contributed by atoms with van der Waals surface area (Å²) in [5.41, 5.74) is -0.460. The molecule has 0 aromatic heterocycles. The lowest BCUT2D eigenvalue weighted by Crippen LogP contribution is -2.40. The van der Waals surface area contributed by atoms with Gasteiger partial charge in [-0.05, 0) is 17.5 Å². The summed E-state index contributed by atoms with van der Waals surface area (Å²) in [5, 5.41) is 13.7. The summed E-state index contributed by atoms with van der Waals surface area (Å²) < 4.78 is 10.4. The number of nitrogens with one attached hydrogen (secondary N) is 1. The number of methoxy groups -OCH3 is 2. The van der Waals surface area contributed by atoms with Crippen molar-refractivity contribution >= 4 is 11.6 Å². The van der Waals surface area contributed by atoms with E-state index in [-0.39, 0.29) is 29.3 Å². The molecule has 122 valence electrons. The van der Waals surface area contributed by atoms with E-state index in [1.165, 1.54) is 25.3 Å². The molecule has 7 nitrogen and oxygen atoms in total. The van der Waals surface area contributed by atoms with Crippen molar-refractivity contribution in [2.45, 2.75) is 26.9 Å². The number of amides is 1. The van der Waals surface area contributed by atoms with Gasteiger partial charge in [-0.1, -0.05) is 20.8 Å². The lowest BCUT2D eigenvalue weighted by atomic mass is 9.89. The van der Waals surface area contributed by atoms with Gasteiger partial charge in [0.25, 0.3) is 11.6 Å². The zero-order valence-electron chi connectivity index (χ0n) is 13.5. The third kappa shape index (κ3) is 4.42. The van der Waals surface area contributed by atoms with Crippen LogP contribution in [0.5, 0.6) is 5.75 Å². The molecule has 0 saturated heterocycles. The quantitative estimate of drug-likeness (QED) is 0.643. The van der Waals surface area contributed by atoms with Gasteiger partial charge in [-0.2, -0.15) is 0 Å². The maximum atomic E-state index is 12.3. The summed E-state index contributed by atoms with van der Waals surface area (Å²) in [6.45, 7) is 6.22. The third-order valence-corrected chi connectivity index (χ3v) is 3.34. The number of hydrogen-bond donors (Lipinski definition) is 1. The second kappa shape index (κ2) is 7.22. The molecule has 0 fully saturated rings. The molecule has 0 heterocycles. The van der Waals surface area contributed by atoms with Crippen molar-refractivity contribution < 1.29 is 19.2 Å². The highest BCUT2D eigenvalue weighted by atomic mass is 16.6. The molecule has 1 N–H and O–H groups in total. The largest absolute Gasteiger partial charge is 0.497 e. The summed E-state index contributed by atoms with van der Waals surface area (Å²) in [6.07, 6.45) is -0.207. The predicted molar refractivity (Wildman–Crippen MR) is 82.2 cm³/mol. The Hall–Kier alpha value is -2.15. The number of nitro benzene ring substituents is 1. The smallest absolute Gasteiger partial charge is 0.282 e. The molecule has 1 rings (SSSR count). The maximum absolute atomic E-state index is 12.3. The van der Waals surface area contributed by atoms with Crippen LogP contribution in [-0.4, -0.2) is 37.7 Å². The van der Waals surface area contributed by atoms with E-state index in [0.29, 0.717) is 5.75 Å². The van der Waals surface area contributed by atoms with Gasteiger partial charge in [0.2, 0.25) is 0 Å².